The predicted octanol–water partition coefficient (Wildman–Crippen LogP) is 2.16. The number of nitrogens with one attached hydrogen (secondary N) is 1. The molecule has 0 unspecified atom stereocenters. The number of hydrogen-bond donors (Lipinski definition) is 3. The van der Waals surface area contributed by atoms with Crippen LogP contribution >= 0.6 is 11.3 Å². The Morgan fingerprint density at radius 2 is 2.23 bits per heavy atom. The largest absolute Gasteiger partial charge is 0.393 e. The molecule has 1 saturated carbocycles. The molecule has 4 N–H and O–H groups in total. The van der Waals surface area contributed by atoms with Crippen molar-refractivity contribution in [3.8, 4) is 0 Å². The highest BCUT2D eigenvalue weighted by molar-refractivity contribution is 7.22. The first-order valence-electron chi connectivity index (χ1n) is 8.55. The summed E-state index contributed by atoms with van der Waals surface area (Å²) >= 11 is 1.38. The molecule has 1 atom stereocenters. The molecule has 1 aromatic carbocycles. The van der Waals surface area contributed by atoms with Gasteiger partial charge in [0.1, 0.15) is 0 Å². The normalized spacial score (nSPS) is 20.7. The average Bonchev–Trinajstić information content (AvgIpc) is 3.15. The Labute approximate surface area is 154 Å². The monoisotopic (exact) mass is 371 g/mol. The van der Waals surface area contributed by atoms with Gasteiger partial charge in [0, 0.05) is 24.4 Å². The van der Waals surface area contributed by atoms with Crippen LogP contribution < -0.4 is 11.1 Å². The average molecular weight is 371 g/mol. The number of fused-ring (bicyclic) bond motifs is 1. The van der Waals surface area contributed by atoms with E-state index >= 15 is 0 Å². The number of nitrogen functional groups attached to an aromatic ring is 1. The summed E-state index contributed by atoms with van der Waals surface area (Å²) in [6.45, 7) is 1.93. The number of benzene rings is 1. The predicted molar refractivity (Wildman–Crippen MR) is 101 cm³/mol. The third kappa shape index (κ3) is 3.06. The molecule has 0 saturated heterocycles. The lowest BCUT2D eigenvalue weighted by atomic mass is 9.75. The van der Waals surface area contributed by atoms with Gasteiger partial charge >= 0.3 is 0 Å². The van der Waals surface area contributed by atoms with Gasteiger partial charge in [-0.15, -0.1) is 0 Å². The number of aryl methyl sites for hydroxylation is 2. The van der Waals surface area contributed by atoms with Crippen molar-refractivity contribution in [2.24, 2.45) is 13.0 Å². The van der Waals surface area contributed by atoms with Crippen molar-refractivity contribution in [2.75, 3.05) is 5.73 Å². The maximum Gasteiger partial charge on any atom is 0.251 e. The second-order valence-electron chi connectivity index (χ2n) is 6.98. The lowest BCUT2D eigenvalue weighted by Gasteiger charge is -2.37. The molecular formula is C18H21N5O2S. The molecule has 3 aromatic rings. The van der Waals surface area contributed by atoms with Gasteiger partial charge in [-0.05, 0) is 43.4 Å². The Kier molecular flexibility index (Phi) is 4.16. The Balaban J connectivity index is 1.62. The molecule has 1 aliphatic rings. The van der Waals surface area contributed by atoms with E-state index in [4.69, 9.17) is 5.73 Å². The van der Waals surface area contributed by atoms with Crippen molar-refractivity contribution in [3.63, 3.8) is 0 Å². The third-order valence-corrected chi connectivity index (χ3v) is 5.79. The highest BCUT2D eigenvalue weighted by Gasteiger charge is 2.36. The van der Waals surface area contributed by atoms with E-state index in [0.29, 0.717) is 23.5 Å². The number of anilines is 1. The maximum absolute atomic E-state index is 12.9. The van der Waals surface area contributed by atoms with Crippen LogP contribution in [-0.4, -0.2) is 31.9 Å². The van der Waals surface area contributed by atoms with Gasteiger partial charge in [-0.2, -0.15) is 5.10 Å². The Bertz CT molecular complexity index is 973. The highest BCUT2D eigenvalue weighted by atomic mass is 32.1. The summed E-state index contributed by atoms with van der Waals surface area (Å²) in [5.41, 5.74) is 9.11. The summed E-state index contributed by atoms with van der Waals surface area (Å²) in [6, 6.07) is 3.51. The van der Waals surface area contributed by atoms with E-state index in [1.807, 2.05) is 32.3 Å². The van der Waals surface area contributed by atoms with E-state index in [0.717, 1.165) is 21.3 Å². The van der Waals surface area contributed by atoms with Crippen molar-refractivity contribution >= 4 is 32.6 Å². The molecule has 8 heteroatoms. The lowest BCUT2D eigenvalue weighted by molar-refractivity contribution is 0.0235. The quantitative estimate of drug-likeness (QED) is 0.652. The van der Waals surface area contributed by atoms with E-state index < -0.39 is 0 Å². The van der Waals surface area contributed by atoms with E-state index in [9.17, 15) is 9.90 Å². The molecule has 2 heterocycles. The molecule has 1 fully saturated rings. The minimum Gasteiger partial charge on any atom is -0.393 e. The standard InChI is InChI=1S/C18H21N5O2S/c1-9-3-11(6-14-15(9)22-18(19)26-14)17(25)21-16(10-4-13(24)5-10)12-7-20-23(2)8-12/h3,6-8,10,13,16,24H,4-5H2,1-2H3,(H2,19,22)(H,21,25)/t10?,13?,16-/m0/s1. The topological polar surface area (TPSA) is 106 Å². The Morgan fingerprint density at radius 1 is 1.46 bits per heavy atom. The molecule has 1 amide bonds. The van der Waals surface area contributed by atoms with Gasteiger partial charge < -0.3 is 16.2 Å². The molecule has 2 aromatic heterocycles. The molecule has 0 aliphatic heterocycles. The Hall–Kier alpha value is -2.45. The van der Waals surface area contributed by atoms with Gasteiger partial charge in [0.05, 0.1) is 28.6 Å². The van der Waals surface area contributed by atoms with Crippen LogP contribution in [0.25, 0.3) is 10.2 Å². The van der Waals surface area contributed by atoms with E-state index in [2.05, 4.69) is 15.4 Å². The highest BCUT2D eigenvalue weighted by Crippen LogP contribution is 2.38. The van der Waals surface area contributed by atoms with E-state index in [1.165, 1.54) is 11.3 Å². The zero-order chi connectivity index (χ0) is 18.4. The minimum absolute atomic E-state index is 0.141. The second kappa shape index (κ2) is 6.37. The van der Waals surface area contributed by atoms with Gasteiger partial charge in [0.25, 0.3) is 5.91 Å². The molecule has 1 aliphatic carbocycles. The number of aliphatic hydroxyl groups excluding tert-OH is 1. The summed E-state index contributed by atoms with van der Waals surface area (Å²) in [7, 11) is 1.85. The van der Waals surface area contributed by atoms with Gasteiger partial charge in [-0.1, -0.05) is 11.3 Å². The third-order valence-electron chi connectivity index (χ3n) is 4.96. The SMILES string of the molecule is Cc1cc(C(=O)N[C@H](c2cnn(C)c2)C2CC(O)C2)cc2sc(N)nc12. The molecule has 26 heavy (non-hydrogen) atoms. The second-order valence-corrected chi connectivity index (χ2v) is 8.04. The smallest absolute Gasteiger partial charge is 0.251 e. The van der Waals surface area contributed by atoms with Crippen molar-refractivity contribution in [1.29, 1.82) is 0 Å². The number of nitrogens with zero attached hydrogens (tertiary/aromatic N) is 3. The summed E-state index contributed by atoms with van der Waals surface area (Å²) < 4.78 is 2.63. The molecule has 0 spiro atoms. The summed E-state index contributed by atoms with van der Waals surface area (Å²) in [5, 5.41) is 17.5. The first-order chi connectivity index (χ1) is 12.4. The van der Waals surface area contributed by atoms with Crippen LogP contribution in [0.4, 0.5) is 5.13 Å². The van der Waals surface area contributed by atoms with Gasteiger partial charge in [-0.25, -0.2) is 4.98 Å². The van der Waals surface area contributed by atoms with Crippen LogP contribution in [0.3, 0.4) is 0 Å². The van der Waals surface area contributed by atoms with Crippen LogP contribution in [0.15, 0.2) is 24.5 Å². The fourth-order valence-corrected chi connectivity index (χ4v) is 4.40. The number of amides is 1. The molecule has 136 valence electrons. The number of carbonyl (C=O) groups excluding carboxylic acids is 1. The van der Waals surface area contributed by atoms with Gasteiger partial charge in [-0.3, -0.25) is 9.48 Å². The van der Waals surface area contributed by atoms with Gasteiger partial charge in [0.15, 0.2) is 5.13 Å². The first-order valence-corrected chi connectivity index (χ1v) is 9.36. The zero-order valence-electron chi connectivity index (χ0n) is 14.6. The minimum atomic E-state index is -0.283. The molecule has 0 radical (unpaired) electrons. The zero-order valence-corrected chi connectivity index (χ0v) is 15.5. The van der Waals surface area contributed by atoms with Crippen LogP contribution in [0, 0.1) is 12.8 Å². The number of thiazole rings is 1. The fourth-order valence-electron chi connectivity index (χ4n) is 3.55. The fraction of sp³-hybridized carbons (Fsp3) is 0.389. The number of carbonyl (C=O) groups is 1. The van der Waals surface area contributed by atoms with E-state index in [-0.39, 0.29) is 24.0 Å². The molecule has 7 nitrogen and oxygen atoms in total. The van der Waals surface area contributed by atoms with Crippen LogP contribution in [-0.2, 0) is 7.05 Å². The number of rotatable bonds is 4. The number of nitrogens with two attached hydrogens (primary N) is 1. The summed E-state index contributed by atoms with van der Waals surface area (Å²) in [6.07, 6.45) is 4.77. The van der Waals surface area contributed by atoms with Crippen molar-refractivity contribution in [1.82, 2.24) is 20.1 Å². The van der Waals surface area contributed by atoms with Crippen LogP contribution in [0.1, 0.15) is 40.4 Å². The molecular weight excluding hydrogens is 350 g/mol. The summed E-state index contributed by atoms with van der Waals surface area (Å²) in [5.74, 6) is 0.0687. The van der Waals surface area contributed by atoms with Crippen molar-refractivity contribution in [3.05, 3.63) is 41.2 Å². The molecule has 4 rings (SSSR count). The van der Waals surface area contributed by atoms with E-state index in [1.54, 1.807) is 10.9 Å². The van der Waals surface area contributed by atoms with Crippen LogP contribution in [0.5, 0.6) is 0 Å². The Morgan fingerprint density at radius 3 is 2.88 bits per heavy atom. The lowest BCUT2D eigenvalue weighted by Crippen LogP contribution is -2.41. The maximum atomic E-state index is 12.9. The molecule has 0 bridgehead atoms. The van der Waals surface area contributed by atoms with Crippen LogP contribution in [0.2, 0.25) is 0 Å². The first kappa shape index (κ1) is 17.0. The number of hydrogen-bond acceptors (Lipinski definition) is 6. The van der Waals surface area contributed by atoms with Crippen molar-refractivity contribution in [2.45, 2.75) is 31.9 Å². The number of aliphatic hydroxyl groups is 1. The van der Waals surface area contributed by atoms with Gasteiger partial charge in [0.2, 0.25) is 0 Å². The number of aromatic nitrogens is 3. The summed E-state index contributed by atoms with van der Waals surface area (Å²) in [4.78, 5) is 17.2. The van der Waals surface area contributed by atoms with Crippen molar-refractivity contribution < 1.29 is 9.90 Å².